The van der Waals surface area contributed by atoms with Crippen molar-refractivity contribution in [1.82, 2.24) is 10.6 Å². The molecule has 0 spiro atoms. The Labute approximate surface area is 193 Å². The molecule has 1 fully saturated rings. The van der Waals surface area contributed by atoms with Crippen molar-refractivity contribution in [3.05, 3.63) is 35.4 Å². The molecule has 0 saturated carbocycles. The zero-order chi connectivity index (χ0) is 21.0. The van der Waals surface area contributed by atoms with Crippen molar-refractivity contribution in [2.75, 3.05) is 39.5 Å². The highest BCUT2D eigenvalue weighted by molar-refractivity contribution is 14.0. The van der Waals surface area contributed by atoms with E-state index in [1.54, 1.807) is 6.07 Å². The number of benzene rings is 1. The lowest BCUT2D eigenvalue weighted by atomic mass is 10.1. The number of rotatable bonds is 8. The van der Waals surface area contributed by atoms with E-state index in [2.05, 4.69) is 27.5 Å². The van der Waals surface area contributed by atoms with Gasteiger partial charge < -0.3 is 20.1 Å². The summed E-state index contributed by atoms with van der Waals surface area (Å²) in [7, 11) is 0. The highest BCUT2D eigenvalue weighted by atomic mass is 127. The zero-order valence-electron chi connectivity index (χ0n) is 17.1. The van der Waals surface area contributed by atoms with E-state index in [1.807, 2.05) is 6.92 Å². The predicted molar refractivity (Wildman–Crippen MR) is 122 cm³/mol. The second kappa shape index (κ2) is 14.5. The van der Waals surface area contributed by atoms with Crippen molar-refractivity contribution in [2.24, 2.45) is 4.99 Å². The largest absolute Gasteiger partial charge is 0.416 e. The van der Waals surface area contributed by atoms with Crippen LogP contribution >= 0.6 is 24.0 Å². The summed E-state index contributed by atoms with van der Waals surface area (Å²) in [6.07, 6.45) is -1.18. The molecule has 1 aliphatic heterocycles. The van der Waals surface area contributed by atoms with E-state index in [0.29, 0.717) is 37.8 Å². The summed E-state index contributed by atoms with van der Waals surface area (Å²) in [5.74, 6) is 6.18. The maximum Gasteiger partial charge on any atom is 0.416 e. The topological polar surface area (TPSA) is 54.9 Å². The van der Waals surface area contributed by atoms with E-state index >= 15 is 0 Å². The molecule has 1 saturated heterocycles. The summed E-state index contributed by atoms with van der Waals surface area (Å²) in [6, 6.07) is 4.98. The first-order chi connectivity index (χ1) is 14.0. The number of nitrogens with zero attached hydrogens (tertiary/aromatic N) is 1. The molecule has 0 aliphatic carbocycles. The van der Waals surface area contributed by atoms with E-state index in [-0.39, 0.29) is 36.6 Å². The van der Waals surface area contributed by atoms with Gasteiger partial charge in [-0.15, -0.1) is 24.0 Å². The second-order valence-corrected chi connectivity index (χ2v) is 6.56. The van der Waals surface area contributed by atoms with Gasteiger partial charge in [0.15, 0.2) is 5.96 Å². The first-order valence-corrected chi connectivity index (χ1v) is 9.86. The highest BCUT2D eigenvalue weighted by Gasteiger charge is 2.30. The third-order valence-electron chi connectivity index (χ3n) is 4.16. The van der Waals surface area contributed by atoms with Gasteiger partial charge in [-0.3, -0.25) is 4.99 Å². The molecule has 1 aliphatic rings. The monoisotopic (exact) mass is 539 g/mol. The molecule has 9 heteroatoms. The molecule has 0 radical (unpaired) electrons. The average Bonchev–Trinajstić information content (AvgIpc) is 3.21. The number of hydrogen-bond donors (Lipinski definition) is 2. The second-order valence-electron chi connectivity index (χ2n) is 6.56. The zero-order valence-corrected chi connectivity index (χ0v) is 19.4. The van der Waals surface area contributed by atoms with Crippen molar-refractivity contribution >= 4 is 29.9 Å². The van der Waals surface area contributed by atoms with Crippen molar-refractivity contribution in [3.8, 4) is 11.8 Å². The van der Waals surface area contributed by atoms with Crippen LogP contribution in [0.25, 0.3) is 0 Å². The molecule has 2 N–H and O–H groups in total. The molecule has 2 rings (SSSR count). The Morgan fingerprint density at radius 1 is 1.33 bits per heavy atom. The Hall–Kier alpha value is -1.51. The molecule has 1 aromatic carbocycles. The van der Waals surface area contributed by atoms with Crippen LogP contribution in [0.3, 0.4) is 0 Å². The standard InChI is InChI=1S/C21H28F3N3O2.HI/c1-2-25-20(27-12-6-13-28-16-19-10-5-14-29-19)26-11-4-8-17-7-3-9-18(15-17)21(22,23)24;/h3,7,9,15,19H,2,5-6,10-14,16H2,1H3,(H2,25,26,27);1H. The molecule has 0 bridgehead atoms. The highest BCUT2D eigenvalue weighted by Crippen LogP contribution is 2.29. The Morgan fingerprint density at radius 2 is 2.17 bits per heavy atom. The van der Waals surface area contributed by atoms with Crippen molar-refractivity contribution in [2.45, 2.75) is 38.5 Å². The van der Waals surface area contributed by atoms with Gasteiger partial charge in [-0.25, -0.2) is 0 Å². The molecule has 1 unspecified atom stereocenters. The quantitative estimate of drug-likeness (QED) is 0.174. The van der Waals surface area contributed by atoms with E-state index in [0.717, 1.165) is 38.0 Å². The van der Waals surface area contributed by atoms with Crippen LogP contribution in [0, 0.1) is 11.8 Å². The summed E-state index contributed by atoms with van der Waals surface area (Å²) >= 11 is 0. The fourth-order valence-electron chi connectivity index (χ4n) is 2.74. The molecular formula is C21H29F3IN3O2. The maximum atomic E-state index is 12.7. The molecule has 1 atom stereocenters. The van der Waals surface area contributed by atoms with Gasteiger partial charge in [0, 0.05) is 31.9 Å². The van der Waals surface area contributed by atoms with E-state index in [1.165, 1.54) is 6.07 Å². The number of guanidine groups is 1. The molecule has 30 heavy (non-hydrogen) atoms. The lowest BCUT2D eigenvalue weighted by molar-refractivity contribution is -0.137. The van der Waals surface area contributed by atoms with Crippen LogP contribution in [-0.4, -0.2) is 51.5 Å². The number of hydrogen-bond acceptors (Lipinski definition) is 3. The summed E-state index contributed by atoms with van der Waals surface area (Å²) in [5, 5.41) is 6.16. The van der Waals surface area contributed by atoms with Crippen LogP contribution in [0.4, 0.5) is 13.2 Å². The van der Waals surface area contributed by atoms with E-state index in [4.69, 9.17) is 9.47 Å². The molecular weight excluding hydrogens is 510 g/mol. The van der Waals surface area contributed by atoms with Crippen LogP contribution in [-0.2, 0) is 15.7 Å². The summed E-state index contributed by atoms with van der Waals surface area (Å²) in [5.41, 5.74) is -0.374. The normalized spacial score (nSPS) is 16.4. The lowest BCUT2D eigenvalue weighted by Crippen LogP contribution is -2.37. The van der Waals surface area contributed by atoms with Gasteiger partial charge in [-0.05, 0) is 44.4 Å². The van der Waals surface area contributed by atoms with Gasteiger partial charge in [-0.2, -0.15) is 13.2 Å². The van der Waals surface area contributed by atoms with Crippen LogP contribution < -0.4 is 10.6 Å². The molecule has 0 aromatic heterocycles. The summed E-state index contributed by atoms with van der Waals surface area (Å²) in [4.78, 5) is 4.44. The minimum atomic E-state index is -4.37. The Morgan fingerprint density at radius 3 is 2.87 bits per heavy atom. The van der Waals surface area contributed by atoms with Gasteiger partial charge in [0.1, 0.15) is 0 Å². The minimum absolute atomic E-state index is 0. The SMILES string of the molecule is CCNC(=NCCCOCC1CCCO1)NCC#Cc1cccc(C(F)(F)F)c1.I. The molecule has 0 amide bonds. The van der Waals surface area contributed by atoms with Gasteiger partial charge in [0.25, 0.3) is 0 Å². The predicted octanol–water partition coefficient (Wildman–Crippen LogP) is 3.82. The summed E-state index contributed by atoms with van der Waals surface area (Å²) < 4.78 is 49.3. The van der Waals surface area contributed by atoms with Crippen molar-refractivity contribution in [3.63, 3.8) is 0 Å². The number of nitrogens with one attached hydrogen (secondary N) is 2. The van der Waals surface area contributed by atoms with Crippen LogP contribution in [0.15, 0.2) is 29.3 Å². The molecule has 168 valence electrons. The van der Waals surface area contributed by atoms with Crippen LogP contribution in [0.2, 0.25) is 0 Å². The number of alkyl halides is 3. The van der Waals surface area contributed by atoms with Crippen molar-refractivity contribution < 1.29 is 22.6 Å². The van der Waals surface area contributed by atoms with Gasteiger partial charge >= 0.3 is 6.18 Å². The van der Waals surface area contributed by atoms with Crippen LogP contribution in [0.1, 0.15) is 37.3 Å². The van der Waals surface area contributed by atoms with Gasteiger partial charge in [-0.1, -0.05) is 17.9 Å². The Balaban J connectivity index is 0.00000450. The first-order valence-electron chi connectivity index (χ1n) is 9.86. The van der Waals surface area contributed by atoms with Crippen molar-refractivity contribution in [1.29, 1.82) is 0 Å². The number of ether oxygens (including phenoxy) is 2. The number of halogens is 4. The first kappa shape index (κ1) is 26.5. The Kier molecular flexibility index (Phi) is 12.8. The molecule has 5 nitrogen and oxygen atoms in total. The number of aliphatic imine (C=N–C) groups is 1. The third-order valence-corrected chi connectivity index (χ3v) is 4.16. The average molecular weight is 539 g/mol. The van der Waals surface area contributed by atoms with Crippen LogP contribution in [0.5, 0.6) is 0 Å². The van der Waals surface area contributed by atoms with Gasteiger partial charge in [0.2, 0.25) is 0 Å². The minimum Gasteiger partial charge on any atom is -0.379 e. The molecule has 1 heterocycles. The Bertz CT molecular complexity index is 711. The fraction of sp³-hybridized carbons (Fsp3) is 0.571. The van der Waals surface area contributed by atoms with Gasteiger partial charge in [0.05, 0.1) is 24.8 Å². The van der Waals surface area contributed by atoms with E-state index in [9.17, 15) is 13.2 Å². The fourth-order valence-corrected chi connectivity index (χ4v) is 2.74. The van der Waals surface area contributed by atoms with E-state index < -0.39 is 11.7 Å². The lowest BCUT2D eigenvalue weighted by Gasteiger charge is -2.10. The molecule has 1 aromatic rings. The maximum absolute atomic E-state index is 12.7. The summed E-state index contributed by atoms with van der Waals surface area (Å²) in [6.45, 7) is 5.61. The smallest absolute Gasteiger partial charge is 0.379 e. The third kappa shape index (κ3) is 10.5.